The van der Waals surface area contributed by atoms with Gasteiger partial charge in [-0.3, -0.25) is 0 Å². The molecule has 0 saturated carbocycles. The zero-order valence-electron chi connectivity index (χ0n) is 46.4. The van der Waals surface area contributed by atoms with Crippen molar-refractivity contribution >= 4 is 43.6 Å². The maximum Gasteiger partial charge on any atom is 0.416 e. The van der Waals surface area contributed by atoms with Crippen LogP contribution in [0.5, 0.6) is 0 Å². The van der Waals surface area contributed by atoms with E-state index >= 15 is 0 Å². The lowest BCUT2D eigenvalue weighted by molar-refractivity contribution is -0.137. The van der Waals surface area contributed by atoms with Crippen molar-refractivity contribution in [3.05, 3.63) is 278 Å². The number of fused-ring (bicyclic) bond motifs is 6. The Morgan fingerprint density at radius 3 is 1.09 bits per heavy atom. The SMILES string of the molecule is N#Cc1ccc(-n2c3ccccc3c3cc(-c4nc(-c5ccccc5)nc(-c5ccccc5)n4)ccc32)c(-c2cc(-c3ccc(C(F)(F)F)cc3C#N)ccc2-n2c3ccccc3c3cc(-c4nc(-c5ccccc5)nc(-c5ccccc5)n4)ccc32)c1. The molecule has 0 bridgehead atoms. The zero-order chi connectivity index (χ0) is 59.5. The minimum absolute atomic E-state index is 0.142. The first-order valence-electron chi connectivity index (χ1n) is 28.3. The third-order valence-electron chi connectivity index (χ3n) is 15.9. The number of hydrogen-bond acceptors (Lipinski definition) is 8. The normalized spacial score (nSPS) is 11.6. The van der Waals surface area contributed by atoms with Crippen molar-refractivity contribution < 1.29 is 13.2 Å². The maximum atomic E-state index is 14.3. The minimum atomic E-state index is -4.68. The Morgan fingerprint density at radius 1 is 0.295 bits per heavy atom. The van der Waals surface area contributed by atoms with E-state index < -0.39 is 11.7 Å². The zero-order valence-corrected chi connectivity index (χ0v) is 46.4. The van der Waals surface area contributed by atoms with Crippen LogP contribution in [0, 0.1) is 22.7 Å². The summed E-state index contributed by atoms with van der Waals surface area (Å²) < 4.78 is 47.2. The highest BCUT2D eigenvalue weighted by atomic mass is 19.4. The Kier molecular flexibility index (Phi) is 12.8. The minimum Gasteiger partial charge on any atom is -0.309 e. The summed E-state index contributed by atoms with van der Waals surface area (Å²) in [5, 5.41) is 25.0. The quantitative estimate of drug-likeness (QED) is 0.132. The first kappa shape index (κ1) is 52.6. The summed E-state index contributed by atoms with van der Waals surface area (Å²) in [6.45, 7) is 0. The molecule has 10 nitrogen and oxygen atoms in total. The molecule has 11 aromatic carbocycles. The van der Waals surface area contributed by atoms with Crippen LogP contribution in [0.3, 0.4) is 0 Å². The first-order chi connectivity index (χ1) is 43.1. The molecule has 0 amide bonds. The fraction of sp³-hybridized carbons (Fsp3) is 0.0133. The second-order valence-electron chi connectivity index (χ2n) is 21.2. The van der Waals surface area contributed by atoms with Crippen molar-refractivity contribution in [1.82, 2.24) is 39.0 Å². The maximum absolute atomic E-state index is 14.3. The van der Waals surface area contributed by atoms with E-state index in [2.05, 4.69) is 69.8 Å². The predicted molar refractivity (Wildman–Crippen MR) is 340 cm³/mol. The largest absolute Gasteiger partial charge is 0.416 e. The highest BCUT2D eigenvalue weighted by molar-refractivity contribution is 6.13. The van der Waals surface area contributed by atoms with Crippen LogP contribution < -0.4 is 0 Å². The lowest BCUT2D eigenvalue weighted by Gasteiger charge is -2.20. The van der Waals surface area contributed by atoms with Gasteiger partial charge in [0, 0.05) is 66.1 Å². The molecule has 0 aliphatic heterocycles. The van der Waals surface area contributed by atoms with E-state index in [0.717, 1.165) is 89.1 Å². The van der Waals surface area contributed by atoms with Gasteiger partial charge in [0.2, 0.25) is 0 Å². The van der Waals surface area contributed by atoms with Gasteiger partial charge in [0.05, 0.1) is 62.3 Å². The number of rotatable bonds is 10. The Bertz CT molecular complexity index is 5220. The Balaban J connectivity index is 0.958. The van der Waals surface area contributed by atoms with E-state index in [1.165, 1.54) is 6.07 Å². The van der Waals surface area contributed by atoms with Crippen molar-refractivity contribution in [2.24, 2.45) is 0 Å². The van der Waals surface area contributed by atoms with Gasteiger partial charge in [0.1, 0.15) is 0 Å². The number of aromatic nitrogens is 8. The van der Waals surface area contributed by atoms with E-state index in [-0.39, 0.29) is 5.56 Å². The highest BCUT2D eigenvalue weighted by Gasteiger charge is 2.32. The summed E-state index contributed by atoms with van der Waals surface area (Å²) >= 11 is 0. The monoisotopic (exact) mass is 1140 g/mol. The fourth-order valence-corrected chi connectivity index (χ4v) is 11.8. The predicted octanol–water partition coefficient (Wildman–Crippen LogP) is 18.3. The molecule has 0 aliphatic rings. The summed E-state index contributed by atoms with van der Waals surface area (Å²) in [6, 6.07) is 86.8. The average molecular weight is 1140 g/mol. The third kappa shape index (κ3) is 9.33. The Hall–Kier alpha value is -12.2. The molecule has 4 aromatic heterocycles. The van der Waals surface area contributed by atoms with E-state index in [1.807, 2.05) is 188 Å². The summed E-state index contributed by atoms with van der Waals surface area (Å²) in [4.78, 5) is 30.1. The molecule has 0 unspecified atom stereocenters. The number of para-hydroxylation sites is 2. The summed E-state index contributed by atoms with van der Waals surface area (Å²) in [5.74, 6) is 3.10. The molecule has 0 atom stereocenters. The lowest BCUT2D eigenvalue weighted by atomic mass is 9.92. The molecular weight excluding hydrogens is 1100 g/mol. The van der Waals surface area contributed by atoms with Crippen molar-refractivity contribution in [2.75, 3.05) is 0 Å². The van der Waals surface area contributed by atoms with E-state index in [0.29, 0.717) is 74.1 Å². The molecule has 0 radical (unpaired) electrons. The van der Waals surface area contributed by atoms with Gasteiger partial charge in [-0.05, 0) is 102 Å². The van der Waals surface area contributed by atoms with Crippen molar-refractivity contribution in [3.8, 4) is 114 Å². The van der Waals surface area contributed by atoms with Crippen molar-refractivity contribution in [3.63, 3.8) is 0 Å². The van der Waals surface area contributed by atoms with E-state index in [1.54, 1.807) is 6.07 Å². The number of halogens is 3. The molecule has 15 rings (SSSR count). The fourth-order valence-electron chi connectivity index (χ4n) is 11.8. The smallest absolute Gasteiger partial charge is 0.309 e. The van der Waals surface area contributed by atoms with Gasteiger partial charge in [-0.1, -0.05) is 170 Å². The molecule has 0 saturated heterocycles. The van der Waals surface area contributed by atoms with Crippen LogP contribution in [0.4, 0.5) is 13.2 Å². The summed E-state index contributed by atoms with van der Waals surface area (Å²) in [5.41, 5.74) is 11.1. The van der Waals surface area contributed by atoms with Crippen LogP contribution in [0.25, 0.3) is 146 Å². The molecule has 0 fully saturated rings. The van der Waals surface area contributed by atoms with Gasteiger partial charge in [0.15, 0.2) is 34.9 Å². The van der Waals surface area contributed by atoms with Gasteiger partial charge in [-0.25, -0.2) is 29.9 Å². The second-order valence-corrected chi connectivity index (χ2v) is 21.2. The highest BCUT2D eigenvalue weighted by Crippen LogP contribution is 2.45. The van der Waals surface area contributed by atoms with Crippen LogP contribution in [0.1, 0.15) is 16.7 Å². The van der Waals surface area contributed by atoms with Crippen LogP contribution in [0.2, 0.25) is 0 Å². The number of alkyl halides is 3. The van der Waals surface area contributed by atoms with Gasteiger partial charge < -0.3 is 9.13 Å². The average Bonchev–Trinajstić information content (AvgIpc) is 1.64. The van der Waals surface area contributed by atoms with E-state index in [9.17, 15) is 23.7 Å². The van der Waals surface area contributed by atoms with Crippen LogP contribution in [-0.2, 0) is 6.18 Å². The van der Waals surface area contributed by atoms with Gasteiger partial charge >= 0.3 is 6.18 Å². The Morgan fingerprint density at radius 2 is 0.670 bits per heavy atom. The second kappa shape index (κ2) is 21.5. The van der Waals surface area contributed by atoms with Crippen LogP contribution in [-0.4, -0.2) is 39.0 Å². The van der Waals surface area contributed by atoms with Crippen LogP contribution in [0.15, 0.2) is 261 Å². The molecule has 0 N–H and O–H groups in total. The molecule has 15 aromatic rings. The van der Waals surface area contributed by atoms with Gasteiger partial charge in [0.25, 0.3) is 0 Å². The van der Waals surface area contributed by atoms with Crippen molar-refractivity contribution in [2.45, 2.75) is 6.18 Å². The standard InChI is InChI=1S/C75H43F3N10/c76-75(77,78)55-33-34-56(54(40-55)45-80)51-30-36-68(88-64-28-16-14-26-58(64)61-43-53(32-38-67(61)88)74-85-71(49-21-9-3-10-22-49)82-72(86-74)50-23-11-4-12-24-50)62(41-51)59-39-46(44-79)29-35-65(59)87-63-27-15-13-25-57(63)60-42-52(31-37-66(60)87)73-83-69(47-17-5-1-6-18-47)81-70(84-73)48-19-7-2-8-20-48/h1-43H. The molecule has 88 heavy (non-hydrogen) atoms. The van der Waals surface area contributed by atoms with Gasteiger partial charge in [-0.2, -0.15) is 23.7 Å². The summed E-state index contributed by atoms with van der Waals surface area (Å²) in [6.07, 6.45) is -4.68. The van der Waals surface area contributed by atoms with E-state index in [4.69, 9.17) is 29.9 Å². The van der Waals surface area contributed by atoms with Crippen molar-refractivity contribution in [1.29, 1.82) is 10.5 Å². The number of nitriles is 2. The molecule has 13 heteroatoms. The Labute approximate surface area is 501 Å². The molecular formula is C75H43F3N10. The first-order valence-corrected chi connectivity index (χ1v) is 28.3. The molecule has 0 aliphatic carbocycles. The molecule has 4 heterocycles. The number of hydrogen-bond donors (Lipinski definition) is 0. The molecule has 0 spiro atoms. The number of benzene rings is 11. The summed E-state index contributed by atoms with van der Waals surface area (Å²) in [7, 11) is 0. The van der Waals surface area contributed by atoms with Crippen LogP contribution >= 0.6 is 0 Å². The molecule has 414 valence electrons. The topological polar surface area (TPSA) is 135 Å². The third-order valence-corrected chi connectivity index (χ3v) is 15.9. The van der Waals surface area contributed by atoms with Gasteiger partial charge in [-0.15, -0.1) is 0 Å². The number of nitrogens with zero attached hydrogens (tertiary/aromatic N) is 10. The lowest BCUT2D eigenvalue weighted by Crippen LogP contribution is -2.05.